The maximum Gasteiger partial charge on any atom is 0.226 e. The Kier molecular flexibility index (Phi) is 5.86. The topological polar surface area (TPSA) is 59.6 Å². The van der Waals surface area contributed by atoms with Crippen LogP contribution in [0.4, 0.5) is 11.4 Å². The molecule has 2 N–H and O–H groups in total. The van der Waals surface area contributed by atoms with E-state index < -0.39 is 0 Å². The maximum absolute atomic E-state index is 12.0. The van der Waals surface area contributed by atoms with Gasteiger partial charge in [0.1, 0.15) is 11.5 Å². The summed E-state index contributed by atoms with van der Waals surface area (Å²) in [6.45, 7) is 2.60. The fraction of sp³-hybridized carbons (Fsp3) is 0.278. The van der Waals surface area contributed by atoms with Crippen molar-refractivity contribution in [2.24, 2.45) is 0 Å². The highest BCUT2D eigenvalue weighted by Crippen LogP contribution is 2.29. The van der Waals surface area contributed by atoms with Gasteiger partial charge < -0.3 is 20.1 Å². The molecule has 1 amide bonds. The molecule has 0 aliphatic heterocycles. The van der Waals surface area contributed by atoms with Gasteiger partial charge in [-0.1, -0.05) is 17.7 Å². The van der Waals surface area contributed by atoms with Gasteiger partial charge in [0, 0.05) is 24.7 Å². The molecule has 0 saturated heterocycles. The quantitative estimate of drug-likeness (QED) is 0.822. The summed E-state index contributed by atoms with van der Waals surface area (Å²) >= 11 is 0. The van der Waals surface area contributed by atoms with Crippen LogP contribution in [0.15, 0.2) is 42.5 Å². The average Bonchev–Trinajstić information content (AvgIpc) is 2.57. The molecule has 0 saturated carbocycles. The molecule has 5 heteroatoms. The first-order valence-corrected chi connectivity index (χ1v) is 7.45. The molecule has 2 aromatic carbocycles. The number of carbonyl (C=O) groups excluding carboxylic acids is 1. The molecule has 0 heterocycles. The molecule has 23 heavy (non-hydrogen) atoms. The number of amides is 1. The van der Waals surface area contributed by atoms with Crippen LogP contribution in [0.3, 0.4) is 0 Å². The van der Waals surface area contributed by atoms with Gasteiger partial charge in [-0.25, -0.2) is 0 Å². The smallest absolute Gasteiger partial charge is 0.226 e. The second-order valence-corrected chi connectivity index (χ2v) is 5.16. The van der Waals surface area contributed by atoms with Crippen molar-refractivity contribution in [3.05, 3.63) is 48.0 Å². The summed E-state index contributed by atoms with van der Waals surface area (Å²) in [6, 6.07) is 13.3. The van der Waals surface area contributed by atoms with Crippen molar-refractivity contribution in [3.63, 3.8) is 0 Å². The maximum atomic E-state index is 12.0. The van der Waals surface area contributed by atoms with Crippen molar-refractivity contribution in [3.8, 4) is 11.5 Å². The van der Waals surface area contributed by atoms with Crippen LogP contribution in [0.25, 0.3) is 0 Å². The van der Waals surface area contributed by atoms with Gasteiger partial charge in [0.2, 0.25) is 5.91 Å². The zero-order valence-electron chi connectivity index (χ0n) is 13.7. The zero-order chi connectivity index (χ0) is 16.7. The number of benzene rings is 2. The molecule has 0 atom stereocenters. The van der Waals surface area contributed by atoms with Gasteiger partial charge in [-0.05, 0) is 31.2 Å². The van der Waals surface area contributed by atoms with Gasteiger partial charge in [0.05, 0.1) is 19.9 Å². The van der Waals surface area contributed by atoms with Crippen molar-refractivity contribution >= 4 is 17.3 Å². The second-order valence-electron chi connectivity index (χ2n) is 5.16. The molecule has 0 unspecified atom stereocenters. The van der Waals surface area contributed by atoms with E-state index >= 15 is 0 Å². The van der Waals surface area contributed by atoms with E-state index in [1.807, 2.05) is 31.2 Å². The van der Waals surface area contributed by atoms with Crippen molar-refractivity contribution in [2.75, 3.05) is 31.4 Å². The Morgan fingerprint density at radius 1 is 1.04 bits per heavy atom. The van der Waals surface area contributed by atoms with E-state index in [0.717, 1.165) is 5.69 Å². The molecule has 0 radical (unpaired) electrons. The molecule has 0 aliphatic carbocycles. The van der Waals surface area contributed by atoms with Crippen molar-refractivity contribution < 1.29 is 14.3 Å². The summed E-state index contributed by atoms with van der Waals surface area (Å²) in [5.41, 5.74) is 2.85. The number of carbonyl (C=O) groups is 1. The Labute approximate surface area is 136 Å². The van der Waals surface area contributed by atoms with Gasteiger partial charge in [0.15, 0.2) is 0 Å². The lowest BCUT2D eigenvalue weighted by Gasteiger charge is -2.12. The van der Waals surface area contributed by atoms with E-state index in [1.54, 1.807) is 32.4 Å². The highest BCUT2D eigenvalue weighted by Gasteiger charge is 2.08. The molecule has 2 rings (SSSR count). The minimum atomic E-state index is -0.0759. The van der Waals surface area contributed by atoms with Gasteiger partial charge in [0.25, 0.3) is 0 Å². The van der Waals surface area contributed by atoms with E-state index in [4.69, 9.17) is 9.47 Å². The van der Waals surface area contributed by atoms with Crippen molar-refractivity contribution in [1.82, 2.24) is 0 Å². The standard InChI is InChI=1S/C18H22N2O3/c1-13-4-6-14(7-5-13)19-11-10-18(21)20-16-9-8-15(22-2)12-17(16)23-3/h4-9,12,19H,10-11H2,1-3H3,(H,20,21). The molecular weight excluding hydrogens is 292 g/mol. The van der Waals surface area contributed by atoms with Crippen molar-refractivity contribution in [1.29, 1.82) is 0 Å². The van der Waals surface area contributed by atoms with Crippen LogP contribution < -0.4 is 20.1 Å². The number of hydrogen-bond donors (Lipinski definition) is 2. The van der Waals surface area contributed by atoms with Crippen LogP contribution in [0, 0.1) is 6.92 Å². The summed E-state index contributed by atoms with van der Waals surface area (Å²) in [6.07, 6.45) is 0.364. The first-order chi connectivity index (χ1) is 11.1. The summed E-state index contributed by atoms with van der Waals surface area (Å²) < 4.78 is 10.4. The third-order valence-electron chi connectivity index (χ3n) is 3.42. The molecule has 0 bridgehead atoms. The molecule has 5 nitrogen and oxygen atoms in total. The highest BCUT2D eigenvalue weighted by molar-refractivity contribution is 5.92. The average molecular weight is 314 g/mol. The van der Waals surface area contributed by atoms with Crippen LogP contribution in [-0.2, 0) is 4.79 Å². The van der Waals surface area contributed by atoms with Gasteiger partial charge in [-0.3, -0.25) is 4.79 Å². The predicted octanol–water partition coefficient (Wildman–Crippen LogP) is 3.45. The van der Waals surface area contributed by atoms with E-state index in [1.165, 1.54) is 5.56 Å². The lowest BCUT2D eigenvalue weighted by atomic mass is 10.2. The first-order valence-electron chi connectivity index (χ1n) is 7.45. The number of ether oxygens (including phenoxy) is 2. The monoisotopic (exact) mass is 314 g/mol. The van der Waals surface area contributed by atoms with E-state index in [2.05, 4.69) is 10.6 Å². The van der Waals surface area contributed by atoms with Crippen LogP contribution in [0.1, 0.15) is 12.0 Å². The largest absolute Gasteiger partial charge is 0.497 e. The van der Waals surface area contributed by atoms with Crippen LogP contribution in [0.5, 0.6) is 11.5 Å². The molecule has 122 valence electrons. The summed E-state index contributed by atoms with van der Waals surface area (Å²) in [4.78, 5) is 12.0. The Morgan fingerprint density at radius 3 is 2.43 bits per heavy atom. The first kappa shape index (κ1) is 16.7. The molecule has 0 fully saturated rings. The molecule has 0 aliphatic rings. The van der Waals surface area contributed by atoms with E-state index in [9.17, 15) is 4.79 Å². The third-order valence-corrected chi connectivity index (χ3v) is 3.42. The minimum absolute atomic E-state index is 0.0759. The number of methoxy groups -OCH3 is 2. The summed E-state index contributed by atoms with van der Waals surface area (Å²) in [7, 11) is 3.15. The van der Waals surface area contributed by atoms with Gasteiger partial charge in [-0.2, -0.15) is 0 Å². The SMILES string of the molecule is COc1ccc(NC(=O)CCNc2ccc(C)cc2)c(OC)c1. The second kappa shape index (κ2) is 8.08. The van der Waals surface area contributed by atoms with Crippen LogP contribution in [-0.4, -0.2) is 26.7 Å². The fourth-order valence-corrected chi connectivity index (χ4v) is 2.11. The molecule has 0 aromatic heterocycles. The molecule has 2 aromatic rings. The fourth-order valence-electron chi connectivity index (χ4n) is 2.11. The molecule has 0 spiro atoms. The summed E-state index contributed by atoms with van der Waals surface area (Å²) in [5, 5.41) is 6.07. The van der Waals surface area contributed by atoms with Gasteiger partial charge >= 0.3 is 0 Å². The minimum Gasteiger partial charge on any atom is -0.497 e. The Bertz CT molecular complexity index is 654. The lowest BCUT2D eigenvalue weighted by Crippen LogP contribution is -2.16. The number of aryl methyl sites for hydroxylation is 1. The van der Waals surface area contributed by atoms with E-state index in [0.29, 0.717) is 30.2 Å². The third kappa shape index (κ3) is 4.92. The molecular formula is C18H22N2O3. The number of nitrogens with one attached hydrogen (secondary N) is 2. The Morgan fingerprint density at radius 2 is 1.78 bits per heavy atom. The number of hydrogen-bond acceptors (Lipinski definition) is 4. The number of rotatable bonds is 7. The Balaban J connectivity index is 1.86. The zero-order valence-corrected chi connectivity index (χ0v) is 13.7. The van der Waals surface area contributed by atoms with Crippen LogP contribution >= 0.6 is 0 Å². The normalized spacial score (nSPS) is 10.0. The Hall–Kier alpha value is -2.69. The van der Waals surface area contributed by atoms with Crippen LogP contribution in [0.2, 0.25) is 0 Å². The van der Waals surface area contributed by atoms with Crippen molar-refractivity contribution in [2.45, 2.75) is 13.3 Å². The van der Waals surface area contributed by atoms with Gasteiger partial charge in [-0.15, -0.1) is 0 Å². The number of anilines is 2. The summed E-state index contributed by atoms with van der Waals surface area (Å²) in [5.74, 6) is 1.18. The van der Waals surface area contributed by atoms with E-state index in [-0.39, 0.29) is 5.91 Å². The highest BCUT2D eigenvalue weighted by atomic mass is 16.5. The lowest BCUT2D eigenvalue weighted by molar-refractivity contribution is -0.116. The predicted molar refractivity (Wildman–Crippen MR) is 92.5 cm³/mol.